The van der Waals surface area contributed by atoms with Crippen LogP contribution in [0.1, 0.15) is 23.3 Å². The molecule has 1 saturated carbocycles. The van der Waals surface area contributed by atoms with Crippen LogP contribution in [0.5, 0.6) is 0 Å². The van der Waals surface area contributed by atoms with E-state index in [1.165, 1.54) is 12.8 Å². The van der Waals surface area contributed by atoms with Crippen LogP contribution in [0.25, 0.3) is 22.0 Å². The summed E-state index contributed by atoms with van der Waals surface area (Å²) < 4.78 is 1.64. The standard InChI is InChI=1S/C19H17Cl2N3O/c1-24-18(19(25)22-10-11-5-6-11)15-4-2-3-14(17(15)23-24)13-8-7-12(20)9-16(13)21/h2-4,7-9,11H,5-6,10H2,1H3,(H,22,25). The Bertz CT molecular complexity index is 976. The van der Waals surface area contributed by atoms with E-state index in [9.17, 15) is 4.79 Å². The number of nitrogens with one attached hydrogen (secondary N) is 1. The number of fused-ring (bicyclic) bond motifs is 1. The fourth-order valence-electron chi connectivity index (χ4n) is 3.05. The molecule has 0 aliphatic heterocycles. The third kappa shape index (κ3) is 3.12. The van der Waals surface area contributed by atoms with E-state index >= 15 is 0 Å². The predicted octanol–water partition coefficient (Wildman–Crippen LogP) is 4.69. The Kier molecular flexibility index (Phi) is 4.18. The van der Waals surface area contributed by atoms with Crippen molar-refractivity contribution in [2.24, 2.45) is 13.0 Å². The highest BCUT2D eigenvalue weighted by Crippen LogP contribution is 2.35. The lowest BCUT2D eigenvalue weighted by Crippen LogP contribution is -2.27. The van der Waals surface area contributed by atoms with Crippen LogP contribution in [0, 0.1) is 5.92 Å². The number of nitrogens with zero attached hydrogens (tertiary/aromatic N) is 2. The molecule has 3 aromatic rings. The number of hydrogen-bond donors (Lipinski definition) is 1. The minimum atomic E-state index is -0.0868. The van der Waals surface area contributed by atoms with Crippen molar-refractivity contribution in [2.75, 3.05) is 6.54 Å². The summed E-state index contributed by atoms with van der Waals surface area (Å²) in [6.45, 7) is 0.730. The lowest BCUT2D eigenvalue weighted by molar-refractivity contribution is 0.0944. The fourth-order valence-corrected chi connectivity index (χ4v) is 3.56. The van der Waals surface area contributed by atoms with Crippen molar-refractivity contribution in [1.82, 2.24) is 15.1 Å². The van der Waals surface area contributed by atoms with E-state index in [4.69, 9.17) is 23.2 Å². The maximum absolute atomic E-state index is 12.6. The van der Waals surface area contributed by atoms with Crippen molar-refractivity contribution in [3.05, 3.63) is 52.1 Å². The summed E-state index contributed by atoms with van der Waals surface area (Å²) in [6, 6.07) is 11.2. The first-order chi connectivity index (χ1) is 12.0. The summed E-state index contributed by atoms with van der Waals surface area (Å²) in [5.74, 6) is 0.545. The molecule has 4 nitrogen and oxygen atoms in total. The molecule has 0 radical (unpaired) electrons. The van der Waals surface area contributed by atoms with E-state index in [-0.39, 0.29) is 5.91 Å². The van der Waals surface area contributed by atoms with E-state index in [2.05, 4.69) is 10.4 Å². The van der Waals surface area contributed by atoms with Crippen molar-refractivity contribution in [3.63, 3.8) is 0 Å². The number of aryl methyl sites for hydroxylation is 1. The average molecular weight is 374 g/mol. The molecule has 2 aromatic carbocycles. The molecule has 128 valence electrons. The second-order valence-electron chi connectivity index (χ2n) is 6.45. The first kappa shape index (κ1) is 16.4. The third-order valence-electron chi connectivity index (χ3n) is 4.55. The molecular weight excluding hydrogens is 357 g/mol. The zero-order valence-corrected chi connectivity index (χ0v) is 15.2. The quantitative estimate of drug-likeness (QED) is 0.720. The molecule has 0 unspecified atom stereocenters. The second kappa shape index (κ2) is 6.36. The summed E-state index contributed by atoms with van der Waals surface area (Å²) in [5, 5.41) is 9.56. The summed E-state index contributed by atoms with van der Waals surface area (Å²) in [6.07, 6.45) is 2.40. The highest BCUT2D eigenvalue weighted by atomic mass is 35.5. The van der Waals surface area contributed by atoms with Crippen molar-refractivity contribution >= 4 is 40.0 Å². The van der Waals surface area contributed by atoms with Gasteiger partial charge >= 0.3 is 0 Å². The van der Waals surface area contributed by atoms with Crippen LogP contribution in [0.4, 0.5) is 0 Å². The number of rotatable bonds is 4. The zero-order valence-electron chi connectivity index (χ0n) is 13.7. The minimum Gasteiger partial charge on any atom is -0.350 e. The molecule has 4 rings (SSSR count). The van der Waals surface area contributed by atoms with Crippen LogP contribution in [-0.4, -0.2) is 22.2 Å². The molecule has 6 heteroatoms. The van der Waals surface area contributed by atoms with E-state index in [1.54, 1.807) is 23.9 Å². The molecule has 0 atom stereocenters. The number of carbonyl (C=O) groups excluding carboxylic acids is 1. The molecule has 1 aliphatic rings. The SMILES string of the molecule is Cn1nc2c(-c3ccc(Cl)cc3Cl)cccc2c1C(=O)NCC1CC1. The normalized spacial score (nSPS) is 14.0. The van der Waals surface area contributed by atoms with Gasteiger partial charge in [-0.1, -0.05) is 47.5 Å². The first-order valence-corrected chi connectivity index (χ1v) is 8.99. The Labute approximate surface area is 155 Å². The Balaban J connectivity index is 1.80. The lowest BCUT2D eigenvalue weighted by atomic mass is 10.0. The molecule has 0 saturated heterocycles. The summed E-state index contributed by atoms with van der Waals surface area (Å²) >= 11 is 12.4. The largest absolute Gasteiger partial charge is 0.350 e. The van der Waals surface area contributed by atoms with Crippen LogP contribution in [0.2, 0.25) is 10.0 Å². The van der Waals surface area contributed by atoms with Gasteiger partial charge in [-0.05, 0) is 30.9 Å². The van der Waals surface area contributed by atoms with E-state index in [0.717, 1.165) is 28.6 Å². The molecule has 1 N–H and O–H groups in total. The molecular formula is C19H17Cl2N3O. The lowest BCUT2D eigenvalue weighted by Gasteiger charge is -2.06. The van der Waals surface area contributed by atoms with Crippen molar-refractivity contribution < 1.29 is 4.79 Å². The van der Waals surface area contributed by atoms with Gasteiger partial charge in [0.1, 0.15) is 11.2 Å². The highest BCUT2D eigenvalue weighted by Gasteiger charge is 2.24. The fraction of sp³-hybridized carbons (Fsp3) is 0.263. The molecule has 1 aliphatic carbocycles. The van der Waals surface area contributed by atoms with Gasteiger partial charge in [-0.15, -0.1) is 0 Å². The Morgan fingerprint density at radius 1 is 1.24 bits per heavy atom. The molecule has 0 bridgehead atoms. The first-order valence-electron chi connectivity index (χ1n) is 8.24. The third-order valence-corrected chi connectivity index (χ3v) is 5.10. The number of amides is 1. The Hall–Kier alpha value is -2.04. The second-order valence-corrected chi connectivity index (χ2v) is 7.30. The molecule has 1 amide bonds. The van der Waals surface area contributed by atoms with E-state index in [1.807, 2.05) is 24.3 Å². The minimum absolute atomic E-state index is 0.0868. The van der Waals surface area contributed by atoms with Crippen molar-refractivity contribution in [2.45, 2.75) is 12.8 Å². The number of halogens is 2. The molecule has 1 fully saturated rings. The molecule has 0 spiro atoms. The van der Waals surface area contributed by atoms with Crippen LogP contribution in [-0.2, 0) is 7.05 Å². The van der Waals surface area contributed by atoms with Crippen molar-refractivity contribution in [3.8, 4) is 11.1 Å². The molecule has 25 heavy (non-hydrogen) atoms. The van der Waals surface area contributed by atoms with Gasteiger partial charge in [-0.2, -0.15) is 5.10 Å². The summed E-state index contributed by atoms with van der Waals surface area (Å²) in [5.41, 5.74) is 3.06. The highest BCUT2D eigenvalue weighted by molar-refractivity contribution is 6.36. The van der Waals surface area contributed by atoms with Gasteiger partial charge in [0.05, 0.1) is 0 Å². The average Bonchev–Trinajstić information content (AvgIpc) is 3.33. The van der Waals surface area contributed by atoms with E-state index in [0.29, 0.717) is 21.7 Å². The van der Waals surface area contributed by atoms with Crippen LogP contribution in [0.15, 0.2) is 36.4 Å². The smallest absolute Gasteiger partial charge is 0.270 e. The van der Waals surface area contributed by atoms with Gasteiger partial charge in [0.15, 0.2) is 0 Å². The number of benzene rings is 2. The van der Waals surface area contributed by atoms with Gasteiger partial charge in [0.25, 0.3) is 5.91 Å². The number of carbonyl (C=O) groups is 1. The predicted molar refractivity (Wildman–Crippen MR) is 101 cm³/mol. The van der Waals surface area contributed by atoms with Gasteiger partial charge in [-0.3, -0.25) is 9.48 Å². The Morgan fingerprint density at radius 2 is 2.04 bits per heavy atom. The monoisotopic (exact) mass is 373 g/mol. The van der Waals surface area contributed by atoms with Crippen molar-refractivity contribution in [1.29, 1.82) is 0 Å². The Morgan fingerprint density at radius 3 is 2.76 bits per heavy atom. The molecule has 1 aromatic heterocycles. The molecule has 1 heterocycles. The summed E-state index contributed by atoms with van der Waals surface area (Å²) in [7, 11) is 1.79. The van der Waals surface area contributed by atoms with E-state index < -0.39 is 0 Å². The van der Waals surface area contributed by atoms with Crippen LogP contribution < -0.4 is 5.32 Å². The van der Waals surface area contributed by atoms with Gasteiger partial charge < -0.3 is 5.32 Å². The van der Waals surface area contributed by atoms with Gasteiger partial charge in [0.2, 0.25) is 0 Å². The van der Waals surface area contributed by atoms with Gasteiger partial charge in [-0.25, -0.2) is 0 Å². The maximum atomic E-state index is 12.6. The zero-order chi connectivity index (χ0) is 17.6. The number of aromatic nitrogens is 2. The van der Waals surface area contributed by atoms with Gasteiger partial charge in [0, 0.05) is 40.2 Å². The number of hydrogen-bond acceptors (Lipinski definition) is 2. The van der Waals surface area contributed by atoms with Crippen LogP contribution in [0.3, 0.4) is 0 Å². The maximum Gasteiger partial charge on any atom is 0.270 e. The van der Waals surface area contributed by atoms with Crippen LogP contribution >= 0.6 is 23.2 Å². The topological polar surface area (TPSA) is 46.9 Å². The summed E-state index contributed by atoms with van der Waals surface area (Å²) in [4.78, 5) is 12.6.